The number of hydrogen-bond donors (Lipinski definition) is 1. The maximum absolute atomic E-state index is 5.48. The standard InChI is InChI=1S/C18H36N6O/c1-3-21-8-10-22(11-9-21)7-5-20-18(19-2)24-6-4-17(16-24)23-12-14-25-15-13-23/h17H,3-16H2,1-2H3,(H,19,20). The van der Waals surface area contributed by atoms with Gasteiger partial charge in [0.15, 0.2) is 5.96 Å². The van der Waals surface area contributed by atoms with Crippen LogP contribution in [0.1, 0.15) is 13.3 Å². The zero-order chi connectivity index (χ0) is 17.5. The lowest BCUT2D eigenvalue weighted by Crippen LogP contribution is -2.50. The number of morpholine rings is 1. The fourth-order valence-electron chi connectivity index (χ4n) is 4.16. The van der Waals surface area contributed by atoms with Crippen molar-refractivity contribution in [3.8, 4) is 0 Å². The Morgan fingerprint density at radius 2 is 1.76 bits per heavy atom. The van der Waals surface area contributed by atoms with Crippen LogP contribution in [0.3, 0.4) is 0 Å². The zero-order valence-corrected chi connectivity index (χ0v) is 16.1. The summed E-state index contributed by atoms with van der Waals surface area (Å²) in [6.45, 7) is 16.4. The molecule has 144 valence electrons. The van der Waals surface area contributed by atoms with Crippen molar-refractivity contribution in [1.29, 1.82) is 0 Å². The lowest BCUT2D eigenvalue weighted by Gasteiger charge is -2.34. The van der Waals surface area contributed by atoms with Crippen LogP contribution in [0.15, 0.2) is 4.99 Å². The number of nitrogens with zero attached hydrogens (tertiary/aromatic N) is 5. The van der Waals surface area contributed by atoms with Gasteiger partial charge in [0.25, 0.3) is 0 Å². The minimum atomic E-state index is 0.657. The molecule has 3 aliphatic rings. The van der Waals surface area contributed by atoms with Gasteiger partial charge >= 0.3 is 0 Å². The van der Waals surface area contributed by atoms with Gasteiger partial charge in [-0.15, -0.1) is 0 Å². The molecule has 0 spiro atoms. The van der Waals surface area contributed by atoms with Gasteiger partial charge in [-0.25, -0.2) is 0 Å². The van der Waals surface area contributed by atoms with E-state index in [0.29, 0.717) is 6.04 Å². The first-order chi connectivity index (χ1) is 12.3. The van der Waals surface area contributed by atoms with E-state index in [1.807, 2.05) is 7.05 Å². The van der Waals surface area contributed by atoms with E-state index in [9.17, 15) is 0 Å². The summed E-state index contributed by atoms with van der Waals surface area (Å²) in [6.07, 6.45) is 1.24. The minimum absolute atomic E-state index is 0.657. The van der Waals surface area contributed by atoms with Gasteiger partial charge in [-0.3, -0.25) is 14.8 Å². The van der Waals surface area contributed by atoms with Crippen molar-refractivity contribution >= 4 is 5.96 Å². The highest BCUT2D eigenvalue weighted by Gasteiger charge is 2.30. The van der Waals surface area contributed by atoms with Crippen LogP contribution in [0, 0.1) is 0 Å². The van der Waals surface area contributed by atoms with Gasteiger partial charge in [0, 0.05) is 78.5 Å². The summed E-state index contributed by atoms with van der Waals surface area (Å²) < 4.78 is 5.48. The molecular formula is C18H36N6O. The SMILES string of the molecule is CCN1CCN(CCNC(=NC)N2CCC(N3CCOCC3)C2)CC1. The van der Waals surface area contributed by atoms with Gasteiger partial charge in [-0.1, -0.05) is 6.92 Å². The number of likely N-dealkylation sites (tertiary alicyclic amines) is 1. The lowest BCUT2D eigenvalue weighted by atomic mass is 10.2. The van der Waals surface area contributed by atoms with Crippen molar-refractivity contribution in [2.45, 2.75) is 19.4 Å². The first kappa shape index (κ1) is 18.9. The van der Waals surface area contributed by atoms with Crippen LogP contribution in [0.25, 0.3) is 0 Å². The molecule has 1 atom stereocenters. The molecule has 0 amide bonds. The molecule has 3 rings (SSSR count). The van der Waals surface area contributed by atoms with Gasteiger partial charge < -0.3 is 19.9 Å². The van der Waals surface area contributed by atoms with E-state index in [2.05, 4.69) is 36.8 Å². The van der Waals surface area contributed by atoms with E-state index in [1.54, 1.807) is 0 Å². The molecule has 25 heavy (non-hydrogen) atoms. The minimum Gasteiger partial charge on any atom is -0.379 e. The van der Waals surface area contributed by atoms with Crippen molar-refractivity contribution in [3.05, 3.63) is 0 Å². The Kier molecular flexibility index (Phi) is 7.34. The molecule has 0 aromatic heterocycles. The molecule has 0 aromatic rings. The van der Waals surface area contributed by atoms with Gasteiger partial charge in [0.1, 0.15) is 0 Å². The maximum atomic E-state index is 5.48. The maximum Gasteiger partial charge on any atom is 0.193 e. The lowest BCUT2D eigenvalue weighted by molar-refractivity contribution is 0.0195. The van der Waals surface area contributed by atoms with Gasteiger partial charge in [-0.05, 0) is 13.0 Å². The topological polar surface area (TPSA) is 46.6 Å². The molecule has 3 heterocycles. The smallest absolute Gasteiger partial charge is 0.193 e. The molecule has 0 aromatic carbocycles. The van der Waals surface area contributed by atoms with Crippen molar-refractivity contribution < 1.29 is 4.74 Å². The van der Waals surface area contributed by atoms with Crippen molar-refractivity contribution in [3.63, 3.8) is 0 Å². The quantitative estimate of drug-likeness (QED) is 0.537. The highest BCUT2D eigenvalue weighted by Crippen LogP contribution is 2.17. The Labute approximate surface area is 153 Å². The predicted molar refractivity (Wildman–Crippen MR) is 102 cm³/mol. The molecule has 0 bridgehead atoms. The van der Waals surface area contributed by atoms with Crippen molar-refractivity contribution in [2.75, 3.05) is 92.3 Å². The van der Waals surface area contributed by atoms with E-state index >= 15 is 0 Å². The Bertz CT molecular complexity index is 418. The molecule has 1 unspecified atom stereocenters. The van der Waals surface area contributed by atoms with Gasteiger partial charge in [0.2, 0.25) is 0 Å². The molecule has 0 radical (unpaired) electrons. The largest absolute Gasteiger partial charge is 0.379 e. The van der Waals surface area contributed by atoms with E-state index in [-0.39, 0.29) is 0 Å². The fraction of sp³-hybridized carbons (Fsp3) is 0.944. The van der Waals surface area contributed by atoms with E-state index in [4.69, 9.17) is 4.74 Å². The highest BCUT2D eigenvalue weighted by atomic mass is 16.5. The normalized spacial score (nSPS) is 27.8. The molecule has 1 N–H and O–H groups in total. The number of guanidine groups is 1. The van der Waals surface area contributed by atoms with E-state index in [0.717, 1.165) is 58.4 Å². The summed E-state index contributed by atoms with van der Waals surface area (Å²) >= 11 is 0. The summed E-state index contributed by atoms with van der Waals surface area (Å²) in [5, 5.41) is 3.58. The first-order valence-corrected chi connectivity index (χ1v) is 10.0. The number of nitrogens with one attached hydrogen (secondary N) is 1. The van der Waals surface area contributed by atoms with Gasteiger partial charge in [-0.2, -0.15) is 0 Å². The van der Waals surface area contributed by atoms with Crippen molar-refractivity contribution in [2.24, 2.45) is 4.99 Å². The molecule has 0 aliphatic carbocycles. The third-order valence-electron chi connectivity index (χ3n) is 5.86. The summed E-state index contributed by atoms with van der Waals surface area (Å²) in [6, 6.07) is 0.657. The third-order valence-corrected chi connectivity index (χ3v) is 5.86. The van der Waals surface area contributed by atoms with Crippen LogP contribution < -0.4 is 5.32 Å². The summed E-state index contributed by atoms with van der Waals surface area (Å²) in [5.74, 6) is 1.07. The molecule has 3 fully saturated rings. The third kappa shape index (κ3) is 5.29. The molecular weight excluding hydrogens is 316 g/mol. The number of aliphatic imine (C=N–C) groups is 1. The highest BCUT2D eigenvalue weighted by molar-refractivity contribution is 5.80. The van der Waals surface area contributed by atoms with Crippen LogP contribution in [-0.4, -0.2) is 124 Å². The Morgan fingerprint density at radius 1 is 1.04 bits per heavy atom. The zero-order valence-electron chi connectivity index (χ0n) is 16.1. The van der Waals surface area contributed by atoms with Crippen LogP contribution in [0.2, 0.25) is 0 Å². The van der Waals surface area contributed by atoms with Crippen molar-refractivity contribution in [1.82, 2.24) is 24.9 Å². The molecule has 3 saturated heterocycles. The molecule has 3 aliphatic heterocycles. The van der Waals surface area contributed by atoms with Crippen LogP contribution in [-0.2, 0) is 4.74 Å². The second-order valence-electron chi connectivity index (χ2n) is 7.29. The van der Waals surface area contributed by atoms with Crippen LogP contribution >= 0.6 is 0 Å². The number of hydrogen-bond acceptors (Lipinski definition) is 5. The second kappa shape index (κ2) is 9.71. The van der Waals surface area contributed by atoms with E-state index < -0.39 is 0 Å². The summed E-state index contributed by atoms with van der Waals surface area (Å²) in [7, 11) is 1.91. The average molecular weight is 353 g/mol. The van der Waals surface area contributed by atoms with Crippen LogP contribution in [0.5, 0.6) is 0 Å². The number of rotatable bonds is 5. The Hall–Kier alpha value is -0.890. The number of ether oxygens (including phenoxy) is 1. The predicted octanol–water partition coefficient (Wildman–Crippen LogP) is -0.394. The monoisotopic (exact) mass is 352 g/mol. The molecule has 0 saturated carbocycles. The van der Waals surface area contributed by atoms with Crippen LogP contribution in [0.4, 0.5) is 0 Å². The Balaban J connectivity index is 1.37. The summed E-state index contributed by atoms with van der Waals surface area (Å²) in [5.41, 5.74) is 0. The van der Waals surface area contributed by atoms with E-state index in [1.165, 1.54) is 39.1 Å². The molecule has 7 nitrogen and oxygen atoms in total. The Morgan fingerprint density at radius 3 is 2.44 bits per heavy atom. The second-order valence-corrected chi connectivity index (χ2v) is 7.29. The summed E-state index contributed by atoms with van der Waals surface area (Å²) in [4.78, 5) is 14.6. The number of piperazine rings is 1. The number of likely N-dealkylation sites (N-methyl/N-ethyl adjacent to an activating group) is 1. The van der Waals surface area contributed by atoms with Gasteiger partial charge in [0.05, 0.1) is 13.2 Å². The first-order valence-electron chi connectivity index (χ1n) is 10.0. The fourth-order valence-corrected chi connectivity index (χ4v) is 4.16. The molecule has 7 heteroatoms. The average Bonchev–Trinajstić information content (AvgIpc) is 3.16.